The number of halogens is 1. The highest BCUT2D eigenvalue weighted by molar-refractivity contribution is 6.17. The van der Waals surface area contributed by atoms with E-state index >= 15 is 0 Å². The largest absolute Gasteiger partial charge is 0.493 e. The van der Waals surface area contributed by atoms with Crippen LogP contribution in [0.4, 0.5) is 0 Å². The predicted octanol–water partition coefficient (Wildman–Crippen LogP) is 3.93. The van der Waals surface area contributed by atoms with E-state index in [-0.39, 0.29) is 5.91 Å². The van der Waals surface area contributed by atoms with Crippen molar-refractivity contribution >= 4 is 17.5 Å². The van der Waals surface area contributed by atoms with Crippen molar-refractivity contribution in [3.8, 4) is 5.75 Å². The van der Waals surface area contributed by atoms with Crippen molar-refractivity contribution in [1.82, 2.24) is 5.32 Å². The first-order valence-corrected chi connectivity index (χ1v) is 8.21. The molecule has 4 heteroatoms. The number of carbonyl (C=O) groups is 1. The Bertz CT molecular complexity index is 417. The second-order valence-electron chi connectivity index (χ2n) is 5.35. The van der Waals surface area contributed by atoms with Crippen LogP contribution in [0, 0.1) is 12.8 Å². The molecule has 0 saturated carbocycles. The highest BCUT2D eigenvalue weighted by Crippen LogP contribution is 2.13. The summed E-state index contributed by atoms with van der Waals surface area (Å²) in [5.74, 6) is 1.98. The normalized spacial score (nSPS) is 12.0. The molecule has 1 unspecified atom stereocenters. The molecule has 118 valence electrons. The predicted molar refractivity (Wildman–Crippen MR) is 88.0 cm³/mol. The number of ether oxygens (including phenoxy) is 1. The average molecular weight is 312 g/mol. The smallest absolute Gasteiger partial charge is 0.223 e. The van der Waals surface area contributed by atoms with Gasteiger partial charge in [-0.1, -0.05) is 25.5 Å². The van der Waals surface area contributed by atoms with E-state index in [1.165, 1.54) is 0 Å². The van der Waals surface area contributed by atoms with Gasteiger partial charge in [0.05, 0.1) is 13.0 Å². The first kappa shape index (κ1) is 17.8. The van der Waals surface area contributed by atoms with Crippen molar-refractivity contribution < 1.29 is 9.53 Å². The minimum absolute atomic E-state index is 0.0401. The van der Waals surface area contributed by atoms with E-state index in [0.29, 0.717) is 31.4 Å². The summed E-state index contributed by atoms with van der Waals surface area (Å²) in [6, 6.07) is 7.84. The first-order valence-electron chi connectivity index (χ1n) is 7.67. The van der Waals surface area contributed by atoms with Crippen LogP contribution in [0.5, 0.6) is 5.75 Å². The van der Waals surface area contributed by atoms with E-state index in [0.717, 1.165) is 30.6 Å². The number of nitrogens with one attached hydrogen (secondary N) is 1. The minimum Gasteiger partial charge on any atom is -0.493 e. The number of alkyl halides is 1. The summed E-state index contributed by atoms with van der Waals surface area (Å²) < 4.78 is 5.58. The Labute approximate surface area is 133 Å². The molecule has 1 rings (SSSR count). The van der Waals surface area contributed by atoms with Gasteiger partial charge >= 0.3 is 0 Å². The van der Waals surface area contributed by atoms with Crippen LogP contribution < -0.4 is 10.1 Å². The molecule has 0 aliphatic rings. The minimum atomic E-state index is 0.0401. The molecule has 1 aromatic carbocycles. The average Bonchev–Trinajstić information content (AvgIpc) is 2.45. The summed E-state index contributed by atoms with van der Waals surface area (Å²) in [5.41, 5.74) is 1.15. The Morgan fingerprint density at radius 1 is 1.38 bits per heavy atom. The van der Waals surface area contributed by atoms with Crippen LogP contribution in [0.25, 0.3) is 0 Å². The summed E-state index contributed by atoms with van der Waals surface area (Å²) in [4.78, 5) is 11.8. The fourth-order valence-electron chi connectivity index (χ4n) is 2.22. The van der Waals surface area contributed by atoms with Crippen LogP contribution in [0.2, 0.25) is 0 Å². The summed E-state index contributed by atoms with van der Waals surface area (Å²) in [7, 11) is 0. The molecule has 0 saturated heterocycles. The molecule has 3 nitrogen and oxygen atoms in total. The number of benzene rings is 1. The maximum atomic E-state index is 11.8. The van der Waals surface area contributed by atoms with Crippen LogP contribution in [-0.4, -0.2) is 24.9 Å². The zero-order valence-electron chi connectivity index (χ0n) is 13.0. The van der Waals surface area contributed by atoms with Crippen molar-refractivity contribution in [1.29, 1.82) is 0 Å². The summed E-state index contributed by atoms with van der Waals surface area (Å²) in [6.07, 6.45) is 3.56. The van der Waals surface area contributed by atoms with Crippen LogP contribution in [0.3, 0.4) is 0 Å². The van der Waals surface area contributed by atoms with Gasteiger partial charge in [-0.3, -0.25) is 4.79 Å². The number of amides is 1. The van der Waals surface area contributed by atoms with Crippen LogP contribution in [0.1, 0.15) is 38.2 Å². The molecule has 1 amide bonds. The molecule has 0 radical (unpaired) electrons. The number of carbonyl (C=O) groups excluding carboxylic acids is 1. The van der Waals surface area contributed by atoms with E-state index in [1.54, 1.807) is 0 Å². The quantitative estimate of drug-likeness (QED) is 0.665. The maximum Gasteiger partial charge on any atom is 0.223 e. The lowest BCUT2D eigenvalue weighted by molar-refractivity contribution is -0.121. The topological polar surface area (TPSA) is 38.3 Å². The lowest BCUT2D eigenvalue weighted by Gasteiger charge is -2.15. The summed E-state index contributed by atoms with van der Waals surface area (Å²) in [5, 5.41) is 2.97. The van der Waals surface area contributed by atoms with Gasteiger partial charge in [-0.25, -0.2) is 0 Å². The molecule has 21 heavy (non-hydrogen) atoms. The Morgan fingerprint density at radius 3 is 2.86 bits per heavy atom. The molecule has 1 aromatic rings. The van der Waals surface area contributed by atoms with Gasteiger partial charge in [0.1, 0.15) is 5.75 Å². The second kappa shape index (κ2) is 10.5. The van der Waals surface area contributed by atoms with Gasteiger partial charge in [0.2, 0.25) is 5.91 Å². The molecular weight excluding hydrogens is 286 g/mol. The zero-order chi connectivity index (χ0) is 15.5. The van der Waals surface area contributed by atoms with Gasteiger partial charge in [0.15, 0.2) is 0 Å². The summed E-state index contributed by atoms with van der Waals surface area (Å²) in [6.45, 7) is 5.29. The van der Waals surface area contributed by atoms with E-state index in [4.69, 9.17) is 16.3 Å². The Hall–Kier alpha value is -1.22. The third-order valence-corrected chi connectivity index (χ3v) is 3.61. The van der Waals surface area contributed by atoms with E-state index in [9.17, 15) is 4.79 Å². The zero-order valence-corrected chi connectivity index (χ0v) is 13.8. The number of aryl methyl sites for hydroxylation is 1. The molecule has 0 spiro atoms. The maximum absolute atomic E-state index is 11.8. The Kier molecular flexibility index (Phi) is 8.91. The van der Waals surface area contributed by atoms with Gasteiger partial charge in [-0.05, 0) is 43.4 Å². The van der Waals surface area contributed by atoms with Gasteiger partial charge in [-0.15, -0.1) is 11.6 Å². The van der Waals surface area contributed by atoms with Crippen LogP contribution >= 0.6 is 11.6 Å². The second-order valence-corrected chi connectivity index (χ2v) is 5.73. The Morgan fingerprint density at radius 2 is 2.19 bits per heavy atom. The van der Waals surface area contributed by atoms with Gasteiger partial charge in [0, 0.05) is 12.4 Å². The number of rotatable bonds is 10. The van der Waals surface area contributed by atoms with Crippen molar-refractivity contribution in [2.24, 2.45) is 5.92 Å². The van der Waals surface area contributed by atoms with Crippen LogP contribution in [0.15, 0.2) is 24.3 Å². The SMILES string of the molecule is CCCC(CCCl)CNC(=O)CCOc1cccc(C)c1. The highest BCUT2D eigenvalue weighted by atomic mass is 35.5. The van der Waals surface area contributed by atoms with Crippen molar-refractivity contribution in [3.05, 3.63) is 29.8 Å². The van der Waals surface area contributed by atoms with Crippen molar-refractivity contribution in [2.75, 3.05) is 19.0 Å². The lowest BCUT2D eigenvalue weighted by atomic mass is 10.0. The molecule has 0 bridgehead atoms. The monoisotopic (exact) mass is 311 g/mol. The van der Waals surface area contributed by atoms with E-state index < -0.39 is 0 Å². The van der Waals surface area contributed by atoms with Crippen LogP contribution in [-0.2, 0) is 4.79 Å². The van der Waals surface area contributed by atoms with Crippen molar-refractivity contribution in [3.63, 3.8) is 0 Å². The van der Waals surface area contributed by atoms with Gasteiger partial charge in [-0.2, -0.15) is 0 Å². The van der Waals surface area contributed by atoms with Gasteiger partial charge in [0.25, 0.3) is 0 Å². The molecule has 0 aliphatic heterocycles. The third kappa shape index (κ3) is 7.96. The highest BCUT2D eigenvalue weighted by Gasteiger charge is 2.09. The third-order valence-electron chi connectivity index (χ3n) is 3.39. The van der Waals surface area contributed by atoms with Gasteiger partial charge < -0.3 is 10.1 Å². The fraction of sp³-hybridized carbons (Fsp3) is 0.588. The summed E-state index contributed by atoms with van der Waals surface area (Å²) >= 11 is 5.78. The van der Waals surface area contributed by atoms with E-state index in [1.807, 2.05) is 31.2 Å². The number of hydrogen-bond donors (Lipinski definition) is 1. The Balaban J connectivity index is 2.21. The molecule has 0 aliphatic carbocycles. The standard InChI is InChI=1S/C17H26ClNO2/c1-3-5-15(8-10-18)13-19-17(20)9-11-21-16-7-4-6-14(2)12-16/h4,6-7,12,15H,3,5,8-11,13H2,1-2H3,(H,19,20). The molecule has 1 atom stereocenters. The molecule has 1 N–H and O–H groups in total. The molecule has 0 fully saturated rings. The fourth-order valence-corrected chi connectivity index (χ4v) is 2.53. The number of hydrogen-bond acceptors (Lipinski definition) is 2. The first-order chi connectivity index (χ1) is 10.2. The molecule has 0 aromatic heterocycles. The molecule has 0 heterocycles. The van der Waals surface area contributed by atoms with E-state index in [2.05, 4.69) is 12.2 Å². The lowest BCUT2D eigenvalue weighted by Crippen LogP contribution is -2.30. The molecular formula is C17H26ClNO2. The van der Waals surface area contributed by atoms with Crippen molar-refractivity contribution in [2.45, 2.75) is 39.5 Å².